The molecule has 1 aliphatic rings. The van der Waals surface area contributed by atoms with Crippen molar-refractivity contribution in [2.45, 2.75) is 18.9 Å². The van der Waals surface area contributed by atoms with Crippen molar-refractivity contribution in [1.82, 2.24) is 14.5 Å². The number of halogens is 1. The Kier molecular flexibility index (Phi) is 2.97. The Balaban J connectivity index is 1.92. The van der Waals surface area contributed by atoms with Gasteiger partial charge in [-0.15, -0.1) is 0 Å². The van der Waals surface area contributed by atoms with Crippen LogP contribution in [0.4, 0.5) is 0 Å². The quantitative estimate of drug-likeness (QED) is 0.466. The summed E-state index contributed by atoms with van der Waals surface area (Å²) in [5.74, 6) is -0.195. The second-order valence-corrected chi connectivity index (χ2v) is 5.06. The zero-order chi connectivity index (χ0) is 13.6. The summed E-state index contributed by atoms with van der Waals surface area (Å²) in [6.45, 7) is 0. The third-order valence-corrected chi connectivity index (χ3v) is 3.92. The summed E-state index contributed by atoms with van der Waals surface area (Å²) in [6, 6.07) is 0.204. The monoisotopic (exact) mass is 275 g/mol. The molecule has 3 rings (SSSR count). The molecule has 7 heteroatoms. The number of fused-ring (bicyclic) bond motifs is 1. The minimum absolute atomic E-state index is 0.0361. The Labute approximate surface area is 116 Å². The van der Waals surface area contributed by atoms with E-state index in [-0.39, 0.29) is 17.9 Å². The third kappa shape index (κ3) is 1.90. The van der Waals surface area contributed by atoms with Crippen LogP contribution < -0.4 is 5.46 Å². The second-order valence-electron chi connectivity index (χ2n) is 4.70. The van der Waals surface area contributed by atoms with Crippen LogP contribution in [0.15, 0.2) is 12.5 Å². The van der Waals surface area contributed by atoms with Crippen molar-refractivity contribution in [3.63, 3.8) is 0 Å². The maximum Gasteiger partial charge on any atom is 0.308 e. The summed E-state index contributed by atoms with van der Waals surface area (Å²) >= 11 is 6.02. The number of carbonyl (C=O) groups is 1. The van der Waals surface area contributed by atoms with Crippen molar-refractivity contribution in [2.75, 3.05) is 7.11 Å². The molecule has 0 saturated heterocycles. The van der Waals surface area contributed by atoms with Crippen molar-refractivity contribution in [3.05, 3.63) is 17.7 Å². The number of hydrogen-bond acceptors (Lipinski definition) is 4. The largest absolute Gasteiger partial charge is 0.469 e. The molecule has 0 aromatic carbocycles. The third-order valence-electron chi connectivity index (χ3n) is 3.63. The molecule has 1 fully saturated rings. The highest BCUT2D eigenvalue weighted by molar-refractivity contribution is 6.44. The Morgan fingerprint density at radius 3 is 2.95 bits per heavy atom. The van der Waals surface area contributed by atoms with Gasteiger partial charge in [0.1, 0.15) is 25.0 Å². The minimum atomic E-state index is -0.159. The Morgan fingerprint density at radius 2 is 2.26 bits per heavy atom. The van der Waals surface area contributed by atoms with Gasteiger partial charge in [0.05, 0.1) is 13.0 Å². The first-order valence-corrected chi connectivity index (χ1v) is 6.34. The predicted molar refractivity (Wildman–Crippen MR) is 71.7 cm³/mol. The van der Waals surface area contributed by atoms with Gasteiger partial charge in [-0.05, 0) is 19.0 Å². The Morgan fingerprint density at radius 1 is 1.53 bits per heavy atom. The van der Waals surface area contributed by atoms with Crippen LogP contribution in [-0.4, -0.2) is 35.5 Å². The predicted octanol–water partition coefficient (Wildman–Crippen LogP) is 1.00. The van der Waals surface area contributed by atoms with E-state index in [9.17, 15) is 4.79 Å². The molecule has 2 aromatic rings. The number of hydrogen-bond donors (Lipinski definition) is 0. The van der Waals surface area contributed by atoms with Crippen LogP contribution >= 0.6 is 11.6 Å². The number of esters is 1. The van der Waals surface area contributed by atoms with E-state index in [1.807, 2.05) is 10.8 Å². The highest BCUT2D eigenvalue weighted by Crippen LogP contribution is 2.40. The van der Waals surface area contributed by atoms with Gasteiger partial charge in [0.25, 0.3) is 0 Å². The van der Waals surface area contributed by atoms with Gasteiger partial charge in [-0.25, -0.2) is 9.97 Å². The number of aromatic nitrogens is 3. The van der Waals surface area contributed by atoms with E-state index in [1.165, 1.54) is 13.4 Å². The summed E-state index contributed by atoms with van der Waals surface area (Å²) < 4.78 is 6.70. The number of ether oxygens (including phenoxy) is 1. The normalized spacial score (nSPS) is 22.2. The molecule has 1 aliphatic carbocycles. The lowest BCUT2D eigenvalue weighted by Gasteiger charge is -2.34. The zero-order valence-corrected chi connectivity index (χ0v) is 11.1. The Bertz CT molecular complexity index is 652. The first-order chi connectivity index (χ1) is 9.11. The van der Waals surface area contributed by atoms with E-state index >= 15 is 0 Å². The van der Waals surface area contributed by atoms with E-state index in [4.69, 9.17) is 24.2 Å². The fourth-order valence-electron chi connectivity index (χ4n) is 2.53. The van der Waals surface area contributed by atoms with Crippen molar-refractivity contribution < 1.29 is 9.53 Å². The topological polar surface area (TPSA) is 57.0 Å². The molecule has 96 valence electrons. The van der Waals surface area contributed by atoms with Crippen molar-refractivity contribution in [3.8, 4) is 0 Å². The standard InChI is InChI=1S/C12H11BClN3O2/c1-19-12(18)6-2-7(3-6)17-4-8(13)9-10(14)15-5-16-11(9)17/h4-7H,2-3H2,1H3. The number of rotatable bonds is 2. The van der Waals surface area contributed by atoms with Gasteiger partial charge in [-0.3, -0.25) is 4.79 Å². The lowest BCUT2D eigenvalue weighted by Crippen LogP contribution is -2.33. The molecule has 0 bridgehead atoms. The molecular formula is C12H11BClN3O2. The van der Waals surface area contributed by atoms with Crippen LogP contribution in [0.5, 0.6) is 0 Å². The summed E-state index contributed by atoms with van der Waals surface area (Å²) in [5, 5.41) is 1.02. The van der Waals surface area contributed by atoms with E-state index in [0.717, 1.165) is 12.8 Å². The first-order valence-electron chi connectivity index (χ1n) is 5.96. The summed E-state index contributed by atoms with van der Waals surface area (Å²) in [5.41, 5.74) is 1.27. The maximum absolute atomic E-state index is 11.4. The van der Waals surface area contributed by atoms with Crippen LogP contribution in [0.25, 0.3) is 11.0 Å². The zero-order valence-electron chi connectivity index (χ0n) is 10.3. The molecule has 2 heterocycles. The fraction of sp³-hybridized carbons (Fsp3) is 0.417. The smallest absolute Gasteiger partial charge is 0.308 e. The second kappa shape index (κ2) is 4.52. The molecule has 0 aliphatic heterocycles. The lowest BCUT2D eigenvalue weighted by molar-refractivity contribution is -0.149. The Hall–Kier alpha value is -1.56. The summed E-state index contributed by atoms with van der Waals surface area (Å²) in [7, 11) is 7.35. The number of methoxy groups -OCH3 is 1. The van der Waals surface area contributed by atoms with Crippen molar-refractivity contribution in [2.24, 2.45) is 5.92 Å². The van der Waals surface area contributed by atoms with E-state index in [1.54, 1.807) is 0 Å². The maximum atomic E-state index is 11.4. The van der Waals surface area contributed by atoms with Gasteiger partial charge in [0.2, 0.25) is 0 Å². The minimum Gasteiger partial charge on any atom is -0.469 e. The fourth-order valence-corrected chi connectivity index (χ4v) is 2.76. The molecule has 0 atom stereocenters. The van der Waals surface area contributed by atoms with Gasteiger partial charge in [-0.1, -0.05) is 17.1 Å². The number of carbonyl (C=O) groups excluding carboxylic acids is 1. The molecule has 2 aromatic heterocycles. The van der Waals surface area contributed by atoms with Crippen LogP contribution in [0.2, 0.25) is 5.15 Å². The SMILES string of the molecule is [B]c1cn(C2CC(C(=O)OC)C2)c2ncnc(Cl)c12. The average molecular weight is 276 g/mol. The van der Waals surface area contributed by atoms with Gasteiger partial charge >= 0.3 is 5.97 Å². The first kappa shape index (κ1) is 12.5. The molecule has 0 amide bonds. The average Bonchev–Trinajstić information content (AvgIpc) is 2.66. The van der Waals surface area contributed by atoms with Crippen LogP contribution in [0.3, 0.4) is 0 Å². The van der Waals surface area contributed by atoms with Crippen LogP contribution in [-0.2, 0) is 9.53 Å². The summed E-state index contributed by atoms with van der Waals surface area (Å²) in [6.07, 6.45) is 4.69. The van der Waals surface area contributed by atoms with Gasteiger partial charge in [-0.2, -0.15) is 0 Å². The highest BCUT2D eigenvalue weighted by Gasteiger charge is 2.37. The summed E-state index contributed by atoms with van der Waals surface area (Å²) in [4.78, 5) is 19.5. The van der Waals surface area contributed by atoms with Gasteiger partial charge in [0, 0.05) is 11.4 Å². The molecule has 5 nitrogen and oxygen atoms in total. The van der Waals surface area contributed by atoms with Crippen molar-refractivity contribution >= 4 is 41.9 Å². The van der Waals surface area contributed by atoms with Crippen LogP contribution in [0.1, 0.15) is 18.9 Å². The highest BCUT2D eigenvalue weighted by atomic mass is 35.5. The lowest BCUT2D eigenvalue weighted by atomic mass is 9.80. The number of nitrogens with zero attached hydrogens (tertiary/aromatic N) is 3. The molecular weight excluding hydrogens is 264 g/mol. The van der Waals surface area contributed by atoms with E-state index < -0.39 is 0 Å². The molecule has 2 radical (unpaired) electrons. The molecule has 0 spiro atoms. The molecule has 0 unspecified atom stereocenters. The van der Waals surface area contributed by atoms with E-state index in [0.29, 0.717) is 21.6 Å². The van der Waals surface area contributed by atoms with E-state index in [2.05, 4.69) is 9.97 Å². The molecule has 0 N–H and O–H groups in total. The van der Waals surface area contributed by atoms with Crippen molar-refractivity contribution in [1.29, 1.82) is 0 Å². The molecule has 1 saturated carbocycles. The van der Waals surface area contributed by atoms with Gasteiger partial charge in [0.15, 0.2) is 0 Å². The van der Waals surface area contributed by atoms with Gasteiger partial charge < -0.3 is 9.30 Å². The van der Waals surface area contributed by atoms with Crippen LogP contribution in [0, 0.1) is 5.92 Å². The molecule has 19 heavy (non-hydrogen) atoms.